The highest BCUT2D eigenvalue weighted by molar-refractivity contribution is 7.16. The molecule has 0 bridgehead atoms. The Morgan fingerprint density at radius 3 is 2.68 bits per heavy atom. The Morgan fingerprint density at radius 1 is 1.18 bits per heavy atom. The summed E-state index contributed by atoms with van der Waals surface area (Å²) in [4.78, 5) is 13.7. The van der Waals surface area contributed by atoms with Crippen LogP contribution in [0, 0.1) is 11.3 Å². The zero-order valence-corrected chi connectivity index (χ0v) is 20.8. The summed E-state index contributed by atoms with van der Waals surface area (Å²) in [7, 11) is 1.55. The van der Waals surface area contributed by atoms with Crippen molar-refractivity contribution >= 4 is 51.5 Å². The summed E-state index contributed by atoms with van der Waals surface area (Å²) in [5.41, 5.74) is 3.15. The maximum absolute atomic E-state index is 12.5. The van der Waals surface area contributed by atoms with E-state index >= 15 is 0 Å². The van der Waals surface area contributed by atoms with Gasteiger partial charge < -0.3 is 14.8 Å². The van der Waals surface area contributed by atoms with Gasteiger partial charge in [0, 0.05) is 26.6 Å². The highest BCUT2D eigenvalue weighted by Crippen LogP contribution is 2.37. The number of rotatable bonds is 7. The predicted molar refractivity (Wildman–Crippen MR) is 137 cm³/mol. The second-order valence-electron chi connectivity index (χ2n) is 7.75. The first-order chi connectivity index (χ1) is 16.5. The minimum Gasteiger partial charge on any atom is -0.493 e. The largest absolute Gasteiger partial charge is 0.493 e. The van der Waals surface area contributed by atoms with E-state index in [0.29, 0.717) is 37.7 Å². The molecule has 1 amide bonds. The minimum absolute atomic E-state index is 0.193. The van der Waals surface area contributed by atoms with Crippen molar-refractivity contribution in [2.45, 2.75) is 32.3 Å². The molecule has 0 saturated carbocycles. The molecule has 174 valence electrons. The van der Waals surface area contributed by atoms with Crippen molar-refractivity contribution in [3.63, 3.8) is 0 Å². The Bertz CT molecular complexity index is 1270. The zero-order valence-electron chi connectivity index (χ0n) is 18.5. The second-order valence-corrected chi connectivity index (χ2v) is 9.67. The lowest BCUT2D eigenvalue weighted by Crippen LogP contribution is -2.08. The molecule has 4 rings (SSSR count). The molecular weight excluding hydrogens is 491 g/mol. The molecule has 0 fully saturated rings. The van der Waals surface area contributed by atoms with E-state index in [1.54, 1.807) is 43.5 Å². The van der Waals surface area contributed by atoms with Crippen molar-refractivity contribution in [2.24, 2.45) is 0 Å². The van der Waals surface area contributed by atoms with Gasteiger partial charge in [0.05, 0.1) is 12.7 Å². The molecule has 0 saturated heterocycles. The summed E-state index contributed by atoms with van der Waals surface area (Å²) in [6.07, 6.45) is 7.21. The maximum atomic E-state index is 12.5. The van der Waals surface area contributed by atoms with E-state index in [9.17, 15) is 10.1 Å². The number of amides is 1. The van der Waals surface area contributed by atoms with Crippen LogP contribution in [0.3, 0.4) is 0 Å². The maximum Gasteiger partial charge on any atom is 0.249 e. The average Bonchev–Trinajstić information content (AvgIpc) is 3.19. The standard InChI is InChI=1S/C26H22Cl2N2O3S/c1-32-23-13-16(9-11-22(23)33-15-19-20(27)6-4-7-21(19)28)10-12-25(31)30-26-18(14-29)17-5-2-3-8-24(17)34-26/h4,6-7,9-13H,2-3,5,8,15H2,1H3,(H,30,31). The van der Waals surface area contributed by atoms with Crippen LogP contribution < -0.4 is 14.8 Å². The Hall–Kier alpha value is -2.98. The van der Waals surface area contributed by atoms with Crippen LogP contribution in [0.1, 0.15) is 40.0 Å². The van der Waals surface area contributed by atoms with Crippen molar-refractivity contribution in [1.29, 1.82) is 5.26 Å². The van der Waals surface area contributed by atoms with Crippen LogP contribution in [0.4, 0.5) is 5.00 Å². The van der Waals surface area contributed by atoms with E-state index in [1.165, 1.54) is 22.3 Å². The van der Waals surface area contributed by atoms with Gasteiger partial charge in [-0.3, -0.25) is 4.79 Å². The normalized spacial score (nSPS) is 12.8. The summed E-state index contributed by atoms with van der Waals surface area (Å²) in [6, 6.07) is 12.9. The van der Waals surface area contributed by atoms with E-state index in [1.807, 2.05) is 6.07 Å². The molecular formula is C26H22Cl2N2O3S. The highest BCUT2D eigenvalue weighted by atomic mass is 35.5. The lowest BCUT2D eigenvalue weighted by atomic mass is 9.96. The third-order valence-electron chi connectivity index (χ3n) is 5.57. The van der Waals surface area contributed by atoms with Crippen molar-refractivity contribution in [3.05, 3.63) is 79.7 Å². The molecule has 0 spiro atoms. The number of methoxy groups -OCH3 is 1. The molecule has 0 aliphatic heterocycles. The lowest BCUT2D eigenvalue weighted by molar-refractivity contribution is -0.111. The Morgan fingerprint density at radius 2 is 1.94 bits per heavy atom. The van der Waals surface area contributed by atoms with Crippen molar-refractivity contribution < 1.29 is 14.3 Å². The Kier molecular flexibility index (Phi) is 7.79. The monoisotopic (exact) mass is 512 g/mol. The van der Waals surface area contributed by atoms with E-state index in [0.717, 1.165) is 36.8 Å². The van der Waals surface area contributed by atoms with Crippen molar-refractivity contribution in [2.75, 3.05) is 12.4 Å². The topological polar surface area (TPSA) is 71.3 Å². The number of thiophene rings is 1. The molecule has 34 heavy (non-hydrogen) atoms. The van der Waals surface area contributed by atoms with Crippen LogP contribution in [-0.4, -0.2) is 13.0 Å². The SMILES string of the molecule is COc1cc(C=CC(=O)Nc2sc3c(c2C#N)CCCC3)ccc1OCc1c(Cl)cccc1Cl. The van der Waals surface area contributed by atoms with Gasteiger partial charge in [-0.1, -0.05) is 35.3 Å². The number of nitrogens with one attached hydrogen (secondary N) is 1. The van der Waals surface area contributed by atoms with Gasteiger partial charge >= 0.3 is 0 Å². The quantitative estimate of drug-likeness (QED) is 0.344. The summed E-state index contributed by atoms with van der Waals surface area (Å²) in [6.45, 7) is 0.193. The van der Waals surface area contributed by atoms with Gasteiger partial charge in [0.2, 0.25) is 5.91 Å². The number of anilines is 1. The molecule has 1 aliphatic carbocycles. The van der Waals surface area contributed by atoms with Crippen LogP contribution in [-0.2, 0) is 24.2 Å². The van der Waals surface area contributed by atoms with Crippen LogP contribution in [0.15, 0.2) is 42.5 Å². The number of aryl methyl sites for hydroxylation is 1. The number of nitrogens with zero attached hydrogens (tertiary/aromatic N) is 1. The molecule has 0 unspecified atom stereocenters. The molecule has 0 radical (unpaired) electrons. The van der Waals surface area contributed by atoms with Crippen LogP contribution >= 0.6 is 34.5 Å². The van der Waals surface area contributed by atoms with Crippen molar-refractivity contribution in [1.82, 2.24) is 0 Å². The van der Waals surface area contributed by atoms with Gasteiger partial charge in [-0.05, 0) is 67.2 Å². The first-order valence-corrected chi connectivity index (χ1v) is 12.3. The fourth-order valence-electron chi connectivity index (χ4n) is 3.82. The third kappa shape index (κ3) is 5.39. The van der Waals surface area contributed by atoms with Crippen molar-refractivity contribution in [3.8, 4) is 17.6 Å². The average molecular weight is 513 g/mol. The summed E-state index contributed by atoms with van der Waals surface area (Å²) in [5.74, 6) is 0.758. The van der Waals surface area contributed by atoms with Gasteiger partial charge in [0.1, 0.15) is 17.7 Å². The molecule has 1 N–H and O–H groups in total. The van der Waals surface area contributed by atoms with E-state index < -0.39 is 0 Å². The molecule has 1 heterocycles. The van der Waals surface area contributed by atoms with Gasteiger partial charge in [0.15, 0.2) is 11.5 Å². The van der Waals surface area contributed by atoms with E-state index in [2.05, 4.69) is 11.4 Å². The fourth-order valence-corrected chi connectivity index (χ4v) is 5.57. The van der Waals surface area contributed by atoms with Crippen LogP contribution in [0.2, 0.25) is 10.0 Å². The number of nitriles is 1. The number of benzene rings is 2. The van der Waals surface area contributed by atoms with E-state index in [-0.39, 0.29) is 12.5 Å². The molecule has 8 heteroatoms. The first kappa shape index (κ1) is 24.2. The number of hydrogen-bond acceptors (Lipinski definition) is 5. The molecule has 0 atom stereocenters. The first-order valence-electron chi connectivity index (χ1n) is 10.8. The minimum atomic E-state index is -0.289. The highest BCUT2D eigenvalue weighted by Gasteiger charge is 2.21. The van der Waals surface area contributed by atoms with Gasteiger partial charge in [-0.25, -0.2) is 0 Å². The van der Waals surface area contributed by atoms with Gasteiger partial charge in [0.25, 0.3) is 0 Å². The lowest BCUT2D eigenvalue weighted by Gasteiger charge is -2.13. The molecule has 1 aromatic heterocycles. The number of fused-ring (bicyclic) bond motifs is 1. The van der Waals surface area contributed by atoms with E-state index in [4.69, 9.17) is 32.7 Å². The molecule has 3 aromatic rings. The zero-order chi connectivity index (χ0) is 24.1. The smallest absolute Gasteiger partial charge is 0.249 e. The van der Waals surface area contributed by atoms with Crippen LogP contribution in [0.25, 0.3) is 6.08 Å². The number of halogens is 2. The molecule has 5 nitrogen and oxygen atoms in total. The Labute approximate surface area is 212 Å². The summed E-state index contributed by atoms with van der Waals surface area (Å²) in [5, 5.41) is 14.1. The van der Waals surface area contributed by atoms with Gasteiger partial charge in [-0.2, -0.15) is 5.26 Å². The predicted octanol–water partition coefficient (Wildman–Crippen LogP) is 7.04. The number of carbonyl (C=O) groups excluding carboxylic acids is 1. The fraction of sp³-hybridized carbons (Fsp3) is 0.231. The summed E-state index contributed by atoms with van der Waals surface area (Å²) < 4.78 is 11.3. The molecule has 2 aromatic carbocycles. The van der Waals surface area contributed by atoms with Gasteiger partial charge in [-0.15, -0.1) is 11.3 Å². The number of hydrogen-bond donors (Lipinski definition) is 1. The number of carbonyl (C=O) groups is 1. The summed E-state index contributed by atoms with van der Waals surface area (Å²) >= 11 is 13.9. The number of ether oxygens (including phenoxy) is 2. The van der Waals surface area contributed by atoms with Crippen LogP contribution in [0.5, 0.6) is 11.5 Å². The Balaban J connectivity index is 1.44. The second kappa shape index (κ2) is 11.0. The molecule has 1 aliphatic rings. The third-order valence-corrected chi connectivity index (χ3v) is 7.48.